The number of benzene rings is 1. The maximum Gasteiger partial charge on any atom is 0.254 e. The second-order valence-electron chi connectivity index (χ2n) is 5.00. The van der Waals surface area contributed by atoms with Crippen LogP contribution in [0.15, 0.2) is 30.3 Å². The van der Waals surface area contributed by atoms with Gasteiger partial charge in [-0.25, -0.2) is 0 Å². The zero-order chi connectivity index (χ0) is 18.5. The first-order valence-electron chi connectivity index (χ1n) is 8.10. The lowest BCUT2D eigenvalue weighted by molar-refractivity contribution is -0.152. The lowest BCUT2D eigenvalue weighted by Crippen LogP contribution is -2.50. The monoisotopic (exact) mass is 339 g/mol. The quantitative estimate of drug-likeness (QED) is 0.492. The molecule has 24 heavy (non-hydrogen) atoms. The minimum Gasteiger partial charge on any atom is -0.380 e. The lowest BCUT2D eigenvalue weighted by Gasteiger charge is -2.23. The van der Waals surface area contributed by atoms with Crippen LogP contribution in [0.5, 0.6) is 0 Å². The molecule has 7 nitrogen and oxygen atoms in total. The van der Waals surface area contributed by atoms with Gasteiger partial charge < -0.3 is 26.2 Å². The summed E-state index contributed by atoms with van der Waals surface area (Å²) < 4.78 is 0. The van der Waals surface area contributed by atoms with Gasteiger partial charge in [0.1, 0.15) is 0 Å². The van der Waals surface area contributed by atoms with Crippen molar-refractivity contribution < 1.29 is 19.8 Å². The van der Waals surface area contributed by atoms with Gasteiger partial charge in [0.05, 0.1) is 0 Å². The van der Waals surface area contributed by atoms with Gasteiger partial charge in [0, 0.05) is 20.1 Å². The Kier molecular flexibility index (Phi) is 11.4. The largest absolute Gasteiger partial charge is 0.380 e. The van der Waals surface area contributed by atoms with Crippen LogP contribution in [0.1, 0.15) is 25.8 Å². The number of nitrogens with zero attached hydrogens (tertiary/aromatic N) is 1. The predicted molar refractivity (Wildman–Crippen MR) is 93.0 cm³/mol. The van der Waals surface area contributed by atoms with Crippen LogP contribution in [-0.2, 0) is 16.1 Å². The van der Waals surface area contributed by atoms with Gasteiger partial charge in [0.15, 0.2) is 12.2 Å². The third-order valence-electron chi connectivity index (χ3n) is 3.14. The van der Waals surface area contributed by atoms with Crippen molar-refractivity contribution >= 4 is 11.8 Å². The van der Waals surface area contributed by atoms with E-state index in [0.29, 0.717) is 13.0 Å². The van der Waals surface area contributed by atoms with E-state index < -0.39 is 24.0 Å². The molecule has 5 N–H and O–H groups in total. The van der Waals surface area contributed by atoms with Crippen LogP contribution < -0.4 is 11.1 Å². The van der Waals surface area contributed by atoms with Crippen molar-refractivity contribution in [2.45, 2.75) is 39.0 Å². The Labute approximate surface area is 143 Å². The number of aliphatic hydroxyl groups excluding tert-OH is 2. The van der Waals surface area contributed by atoms with Crippen LogP contribution >= 0.6 is 0 Å². The molecule has 0 aliphatic carbocycles. The molecule has 1 aromatic carbocycles. The number of nitrogens with one attached hydrogen (secondary N) is 1. The van der Waals surface area contributed by atoms with Crippen LogP contribution in [0.3, 0.4) is 0 Å². The van der Waals surface area contributed by atoms with E-state index in [0.717, 1.165) is 5.56 Å². The van der Waals surface area contributed by atoms with Gasteiger partial charge in [-0.1, -0.05) is 44.2 Å². The van der Waals surface area contributed by atoms with Gasteiger partial charge in [0.25, 0.3) is 11.8 Å². The summed E-state index contributed by atoms with van der Waals surface area (Å²) >= 11 is 0. The number of rotatable bonds is 8. The summed E-state index contributed by atoms with van der Waals surface area (Å²) in [5.74, 6) is -1.51. The summed E-state index contributed by atoms with van der Waals surface area (Å²) in [5, 5.41) is 22.0. The van der Waals surface area contributed by atoms with Crippen LogP contribution in [0.2, 0.25) is 0 Å². The third kappa shape index (κ3) is 7.54. The number of carbonyl (C=O) groups excluding carboxylic acids is 2. The van der Waals surface area contributed by atoms with E-state index in [-0.39, 0.29) is 13.1 Å². The van der Waals surface area contributed by atoms with Gasteiger partial charge in [-0.2, -0.15) is 0 Å². The van der Waals surface area contributed by atoms with E-state index in [4.69, 9.17) is 5.73 Å². The molecule has 2 atom stereocenters. The molecule has 136 valence electrons. The molecule has 1 rings (SSSR count). The molecule has 0 fully saturated rings. The molecule has 0 bridgehead atoms. The molecule has 0 aromatic heterocycles. The number of hydrogen-bond acceptors (Lipinski definition) is 5. The Balaban J connectivity index is 0.00000254. The SMILES string of the molecule is CC.CN(Cc1ccccc1)C(=O)C(O)C(O)C(=O)NCCCN. The van der Waals surface area contributed by atoms with E-state index >= 15 is 0 Å². The number of carbonyl (C=O) groups is 2. The summed E-state index contributed by atoms with van der Waals surface area (Å²) in [7, 11) is 1.50. The molecule has 0 radical (unpaired) electrons. The molecule has 0 saturated carbocycles. The van der Waals surface area contributed by atoms with Crippen molar-refractivity contribution in [3.63, 3.8) is 0 Å². The fraction of sp³-hybridized carbons (Fsp3) is 0.529. The maximum atomic E-state index is 12.0. The molecular formula is C17H29N3O4. The molecule has 0 aliphatic heterocycles. The Hall–Kier alpha value is -1.96. The molecule has 2 amide bonds. The van der Waals surface area contributed by atoms with Crippen molar-refractivity contribution in [2.24, 2.45) is 5.73 Å². The summed E-state index contributed by atoms with van der Waals surface area (Å²) in [6.07, 6.45) is -3.05. The van der Waals surface area contributed by atoms with Crippen LogP contribution in [-0.4, -0.2) is 59.3 Å². The van der Waals surface area contributed by atoms with E-state index in [9.17, 15) is 19.8 Å². The number of nitrogens with two attached hydrogens (primary N) is 1. The van der Waals surface area contributed by atoms with Crippen molar-refractivity contribution in [2.75, 3.05) is 20.1 Å². The highest BCUT2D eigenvalue weighted by Crippen LogP contribution is 2.06. The Morgan fingerprint density at radius 2 is 1.75 bits per heavy atom. The fourth-order valence-electron chi connectivity index (χ4n) is 1.86. The summed E-state index contributed by atoms with van der Waals surface area (Å²) in [5.41, 5.74) is 6.17. The second-order valence-corrected chi connectivity index (χ2v) is 5.00. The van der Waals surface area contributed by atoms with E-state index in [1.54, 1.807) is 0 Å². The molecule has 0 heterocycles. The van der Waals surface area contributed by atoms with Crippen molar-refractivity contribution in [3.8, 4) is 0 Å². The number of aliphatic hydroxyl groups is 2. The zero-order valence-corrected chi connectivity index (χ0v) is 14.6. The Morgan fingerprint density at radius 1 is 1.17 bits per heavy atom. The van der Waals surface area contributed by atoms with Gasteiger partial charge in [-0.15, -0.1) is 0 Å². The van der Waals surface area contributed by atoms with E-state index in [1.165, 1.54) is 11.9 Å². The topological polar surface area (TPSA) is 116 Å². The Bertz CT molecular complexity index is 482. The number of hydrogen-bond donors (Lipinski definition) is 4. The smallest absolute Gasteiger partial charge is 0.254 e. The molecule has 1 aromatic rings. The first-order chi connectivity index (χ1) is 11.5. The molecule has 0 spiro atoms. The zero-order valence-electron chi connectivity index (χ0n) is 14.6. The Morgan fingerprint density at radius 3 is 2.29 bits per heavy atom. The van der Waals surface area contributed by atoms with Gasteiger partial charge >= 0.3 is 0 Å². The minimum atomic E-state index is -1.80. The number of amides is 2. The highest BCUT2D eigenvalue weighted by atomic mass is 16.3. The maximum absolute atomic E-state index is 12.0. The molecule has 7 heteroatoms. The normalized spacial score (nSPS) is 12.4. The average Bonchev–Trinajstić information content (AvgIpc) is 2.62. The number of likely N-dealkylation sites (N-methyl/N-ethyl adjacent to an activating group) is 1. The predicted octanol–water partition coefficient (Wildman–Crippen LogP) is -0.142. The highest BCUT2D eigenvalue weighted by Gasteiger charge is 2.31. The molecule has 2 unspecified atom stereocenters. The van der Waals surface area contributed by atoms with Gasteiger partial charge in [-0.3, -0.25) is 9.59 Å². The van der Waals surface area contributed by atoms with Crippen LogP contribution in [0, 0.1) is 0 Å². The van der Waals surface area contributed by atoms with Crippen molar-refractivity contribution in [1.29, 1.82) is 0 Å². The van der Waals surface area contributed by atoms with Gasteiger partial charge in [-0.05, 0) is 18.5 Å². The van der Waals surface area contributed by atoms with Gasteiger partial charge in [0.2, 0.25) is 0 Å². The average molecular weight is 339 g/mol. The first kappa shape index (κ1) is 22.0. The first-order valence-corrected chi connectivity index (χ1v) is 8.10. The second kappa shape index (κ2) is 12.5. The third-order valence-corrected chi connectivity index (χ3v) is 3.14. The van der Waals surface area contributed by atoms with E-state index in [2.05, 4.69) is 5.32 Å². The standard InChI is InChI=1S/C15H23N3O4.C2H6/c1-18(10-11-6-3-2-4-7-11)15(22)13(20)12(19)14(21)17-9-5-8-16;1-2/h2-4,6-7,12-13,19-20H,5,8-10,16H2,1H3,(H,17,21);1-2H3. The summed E-state index contributed by atoms with van der Waals surface area (Å²) in [4.78, 5) is 24.9. The molecule has 0 aliphatic rings. The minimum absolute atomic E-state index is 0.276. The highest BCUT2D eigenvalue weighted by molar-refractivity contribution is 5.90. The molecule has 0 saturated heterocycles. The summed E-state index contributed by atoms with van der Waals surface area (Å²) in [6.45, 7) is 4.96. The van der Waals surface area contributed by atoms with Crippen molar-refractivity contribution in [1.82, 2.24) is 10.2 Å². The molecular weight excluding hydrogens is 310 g/mol. The van der Waals surface area contributed by atoms with Crippen LogP contribution in [0.4, 0.5) is 0 Å². The van der Waals surface area contributed by atoms with Crippen molar-refractivity contribution in [3.05, 3.63) is 35.9 Å². The fourth-order valence-corrected chi connectivity index (χ4v) is 1.86. The lowest BCUT2D eigenvalue weighted by atomic mass is 10.1. The van der Waals surface area contributed by atoms with E-state index in [1.807, 2.05) is 44.2 Å². The van der Waals surface area contributed by atoms with Crippen LogP contribution in [0.25, 0.3) is 0 Å². The summed E-state index contributed by atoms with van der Waals surface area (Å²) in [6, 6.07) is 9.21.